The number of benzene rings is 2. The van der Waals surface area contributed by atoms with Gasteiger partial charge in [0.2, 0.25) is 0 Å². The van der Waals surface area contributed by atoms with Crippen LogP contribution >= 0.6 is 0 Å². The fraction of sp³-hybridized carbons (Fsp3) is 0. The summed E-state index contributed by atoms with van der Waals surface area (Å²) >= 11 is 0. The van der Waals surface area contributed by atoms with Crippen molar-refractivity contribution in [2.45, 2.75) is 0 Å². The van der Waals surface area contributed by atoms with Crippen molar-refractivity contribution >= 4 is 60.5 Å². The van der Waals surface area contributed by atoms with Crippen molar-refractivity contribution in [3.8, 4) is 0 Å². The Bertz CT molecular complexity index is 2520. The minimum Gasteiger partial charge on any atom is -0.276 e. The molecular weight excluding hydrogens is 580 g/mol. The second-order valence-electron chi connectivity index (χ2n) is 9.62. The van der Waals surface area contributed by atoms with Crippen LogP contribution in [0.5, 0.6) is 0 Å². The van der Waals surface area contributed by atoms with E-state index in [4.69, 9.17) is 0 Å². The average molecular weight is 590 g/mol. The van der Waals surface area contributed by atoms with E-state index < -0.39 is 36.0 Å². The van der Waals surface area contributed by atoms with Crippen LogP contribution in [0.2, 0.25) is 0 Å². The van der Waals surface area contributed by atoms with Crippen LogP contribution in [-0.4, -0.2) is 58.6 Å². The molecule has 0 atom stereocenters. The topological polar surface area (TPSA) is 138 Å². The number of fused-ring (bicyclic) bond motifs is 7. The minimum absolute atomic E-state index is 0.00148. The highest BCUT2D eigenvalue weighted by molar-refractivity contribution is 6.22. The molecule has 0 unspecified atom stereocenters. The molecule has 16 heteroatoms. The number of aromatic nitrogens is 12. The van der Waals surface area contributed by atoms with Gasteiger partial charge >= 0.3 is 24.3 Å². The Labute approximate surface area is 239 Å². The summed E-state index contributed by atoms with van der Waals surface area (Å²) in [5, 5.41) is 2.79. The zero-order chi connectivity index (χ0) is 29.7. The van der Waals surface area contributed by atoms with Gasteiger partial charge in [0.15, 0.2) is 22.9 Å². The molecule has 0 radical (unpaired) electrons. The van der Waals surface area contributed by atoms with Gasteiger partial charge in [-0.2, -0.15) is 47.5 Å². The zero-order valence-electron chi connectivity index (χ0n) is 21.7. The molecular formula is C28H10F4N12. The van der Waals surface area contributed by atoms with E-state index in [9.17, 15) is 17.6 Å². The predicted molar refractivity (Wildman–Crippen MR) is 146 cm³/mol. The van der Waals surface area contributed by atoms with E-state index in [2.05, 4.69) is 49.8 Å². The first-order chi connectivity index (χ1) is 21.5. The molecule has 0 fully saturated rings. The molecule has 12 nitrogen and oxygen atoms in total. The molecule has 210 valence electrons. The fourth-order valence-corrected chi connectivity index (χ4v) is 5.88. The van der Waals surface area contributed by atoms with Crippen LogP contribution in [0.15, 0.2) is 61.2 Å². The Hall–Kier alpha value is -6.32. The lowest BCUT2D eigenvalue weighted by molar-refractivity contribution is 0.448. The van der Waals surface area contributed by atoms with Crippen molar-refractivity contribution < 1.29 is 17.6 Å². The van der Waals surface area contributed by atoms with Crippen LogP contribution in [0.1, 0.15) is 11.6 Å². The molecule has 0 bridgehead atoms. The number of halogens is 4. The van der Waals surface area contributed by atoms with Gasteiger partial charge in [0.1, 0.15) is 22.1 Å². The first-order valence-corrected chi connectivity index (χ1v) is 12.9. The van der Waals surface area contributed by atoms with Gasteiger partial charge in [0.25, 0.3) is 0 Å². The summed E-state index contributed by atoms with van der Waals surface area (Å²) in [7, 11) is 0. The predicted octanol–water partition coefficient (Wildman–Crippen LogP) is 3.28. The number of hydrogen-bond donors (Lipinski definition) is 0. The highest BCUT2D eigenvalue weighted by Gasteiger charge is 2.26. The van der Waals surface area contributed by atoms with Gasteiger partial charge in [0, 0.05) is 46.3 Å². The van der Waals surface area contributed by atoms with Crippen molar-refractivity contribution in [3.05, 3.63) is 103 Å². The lowest BCUT2D eigenvalue weighted by Gasteiger charge is -2.08. The van der Waals surface area contributed by atoms with Gasteiger partial charge in [-0.25, -0.2) is 9.97 Å². The van der Waals surface area contributed by atoms with E-state index in [1.807, 2.05) is 36.4 Å². The third-order valence-corrected chi connectivity index (χ3v) is 7.36. The molecule has 0 saturated carbocycles. The molecule has 44 heavy (non-hydrogen) atoms. The first-order valence-electron chi connectivity index (χ1n) is 12.9. The largest absolute Gasteiger partial charge is 0.314 e. The molecule has 7 aromatic heterocycles. The monoisotopic (exact) mass is 590 g/mol. The molecule has 0 N–H and O–H groups in total. The second kappa shape index (κ2) is 8.60. The highest BCUT2D eigenvalue weighted by Crippen LogP contribution is 2.36. The van der Waals surface area contributed by atoms with Crippen molar-refractivity contribution in [1.29, 1.82) is 0 Å². The minimum atomic E-state index is -1.49. The molecule has 0 spiro atoms. The molecule has 9 rings (SSSR count). The van der Waals surface area contributed by atoms with Crippen molar-refractivity contribution in [3.63, 3.8) is 0 Å². The van der Waals surface area contributed by atoms with Gasteiger partial charge in [-0.1, -0.05) is 36.4 Å². The van der Waals surface area contributed by atoms with Crippen LogP contribution in [0.4, 0.5) is 17.6 Å². The standard InChI is InChI=1S/C28H10F4N12/c29-25-37-20(38-26(30)41-25)15(21-39-27(31)42-28(32)40-21)24-43-18-11(3-1-5-13(18)16-22(43)35-9-7-33-16)12-4-2-6-14-17-23(36-10-8-34-17)44(24)19(12)14/h1-10H. The van der Waals surface area contributed by atoms with Crippen LogP contribution < -0.4 is 5.48 Å². The van der Waals surface area contributed by atoms with Gasteiger partial charge in [-0.3, -0.25) is 18.8 Å². The average Bonchev–Trinajstić information content (AvgIpc) is 3.48. The Balaban J connectivity index is 1.77. The molecule has 9 aromatic rings. The van der Waals surface area contributed by atoms with Gasteiger partial charge in [-0.15, -0.1) is 0 Å². The maximum Gasteiger partial charge on any atom is 0.314 e. The van der Waals surface area contributed by atoms with E-state index in [-0.39, 0.29) is 11.1 Å². The summed E-state index contributed by atoms with van der Waals surface area (Å²) in [6.45, 7) is 0. The Kier molecular flexibility index (Phi) is 4.75. The molecule has 0 aliphatic heterocycles. The Morgan fingerprint density at radius 2 is 0.864 bits per heavy atom. The summed E-state index contributed by atoms with van der Waals surface area (Å²) in [6.07, 6.45) is 0.0233. The van der Waals surface area contributed by atoms with Crippen molar-refractivity contribution in [2.75, 3.05) is 0 Å². The third kappa shape index (κ3) is 3.21. The molecule has 7 heterocycles. The van der Waals surface area contributed by atoms with Crippen LogP contribution in [0.3, 0.4) is 0 Å². The number of nitrogens with zero attached hydrogens (tertiary/aromatic N) is 12. The molecule has 0 aliphatic rings. The second-order valence-corrected chi connectivity index (χ2v) is 9.62. The van der Waals surface area contributed by atoms with Gasteiger partial charge in [0.05, 0.1) is 11.0 Å². The fourth-order valence-electron chi connectivity index (χ4n) is 5.88. The number of hydrogen-bond acceptors (Lipinski definition) is 10. The molecule has 2 aromatic carbocycles. The van der Waals surface area contributed by atoms with E-state index >= 15 is 0 Å². The van der Waals surface area contributed by atoms with Crippen LogP contribution in [0.25, 0.3) is 60.5 Å². The summed E-state index contributed by atoms with van der Waals surface area (Å²) in [6, 6.07) is 11.2. The number of para-hydroxylation sites is 2. The third-order valence-electron chi connectivity index (χ3n) is 7.36. The van der Waals surface area contributed by atoms with Crippen LogP contribution in [0, 0.1) is 24.3 Å². The lowest BCUT2D eigenvalue weighted by atomic mass is 10.1. The SMILES string of the molecule is Fc1nc(F)nc(C(c2nc(F)nc(F)n2)=c2n3c4nccnc4c4cccc(c5cccc6c7nccnc7n2c56)c43)n1. The molecule has 0 saturated heterocycles. The smallest absolute Gasteiger partial charge is 0.276 e. The highest BCUT2D eigenvalue weighted by atomic mass is 19.2. The van der Waals surface area contributed by atoms with Crippen molar-refractivity contribution in [1.82, 2.24) is 58.6 Å². The van der Waals surface area contributed by atoms with Crippen molar-refractivity contribution in [2.24, 2.45) is 0 Å². The molecule has 0 aliphatic carbocycles. The summed E-state index contributed by atoms with van der Waals surface area (Å²) in [5.74, 6) is -1.32. The van der Waals surface area contributed by atoms with Crippen LogP contribution in [-0.2, 0) is 0 Å². The van der Waals surface area contributed by atoms with E-state index in [0.29, 0.717) is 44.1 Å². The maximum atomic E-state index is 14.6. The summed E-state index contributed by atoms with van der Waals surface area (Å²) < 4.78 is 61.9. The number of rotatable bonds is 2. The Morgan fingerprint density at radius 1 is 0.477 bits per heavy atom. The van der Waals surface area contributed by atoms with E-state index in [0.717, 1.165) is 10.8 Å². The molecule has 0 amide bonds. The first kappa shape index (κ1) is 24.3. The summed E-state index contributed by atoms with van der Waals surface area (Å²) in [5.41, 5.74) is 2.28. The van der Waals surface area contributed by atoms with Gasteiger partial charge < -0.3 is 0 Å². The quantitative estimate of drug-likeness (QED) is 0.276. The van der Waals surface area contributed by atoms with Gasteiger partial charge in [-0.05, 0) is 0 Å². The van der Waals surface area contributed by atoms with E-state index in [1.165, 1.54) is 24.8 Å². The maximum absolute atomic E-state index is 14.6. The normalized spacial score (nSPS) is 12.1. The lowest BCUT2D eigenvalue weighted by Crippen LogP contribution is -2.27. The summed E-state index contributed by atoms with van der Waals surface area (Å²) in [4.78, 5) is 39.2. The zero-order valence-corrected chi connectivity index (χ0v) is 21.7. The van der Waals surface area contributed by atoms with E-state index in [1.54, 1.807) is 8.80 Å². The Morgan fingerprint density at radius 3 is 1.30 bits per heavy atom.